The SMILES string of the molecule is CC(C)(C)c1ccc(OCCCNC2CC2)cc1. The van der Waals surface area contributed by atoms with Gasteiger partial charge in [-0.2, -0.15) is 0 Å². The fourth-order valence-electron chi connectivity index (χ4n) is 1.91. The van der Waals surface area contributed by atoms with Crippen molar-refractivity contribution in [2.45, 2.75) is 51.5 Å². The zero-order valence-electron chi connectivity index (χ0n) is 11.8. The molecule has 0 spiro atoms. The van der Waals surface area contributed by atoms with Crippen LogP contribution in [0.15, 0.2) is 24.3 Å². The van der Waals surface area contributed by atoms with Gasteiger partial charge in [-0.05, 0) is 48.9 Å². The molecule has 2 heteroatoms. The van der Waals surface area contributed by atoms with Crippen LogP contribution in [0.3, 0.4) is 0 Å². The zero-order valence-corrected chi connectivity index (χ0v) is 11.8. The highest BCUT2D eigenvalue weighted by Gasteiger charge is 2.19. The van der Waals surface area contributed by atoms with Crippen LogP contribution < -0.4 is 10.1 Å². The van der Waals surface area contributed by atoms with Crippen molar-refractivity contribution in [2.24, 2.45) is 0 Å². The van der Waals surface area contributed by atoms with Crippen LogP contribution in [0.25, 0.3) is 0 Å². The van der Waals surface area contributed by atoms with E-state index in [4.69, 9.17) is 4.74 Å². The molecule has 0 unspecified atom stereocenters. The summed E-state index contributed by atoms with van der Waals surface area (Å²) in [6, 6.07) is 9.29. The molecule has 0 saturated heterocycles. The van der Waals surface area contributed by atoms with Crippen molar-refractivity contribution in [3.63, 3.8) is 0 Å². The van der Waals surface area contributed by atoms with Gasteiger partial charge in [-0.1, -0.05) is 32.9 Å². The first kappa shape index (κ1) is 13.4. The Balaban J connectivity index is 1.69. The molecule has 1 aliphatic carbocycles. The fraction of sp³-hybridized carbons (Fsp3) is 0.625. The van der Waals surface area contributed by atoms with E-state index in [1.165, 1.54) is 18.4 Å². The van der Waals surface area contributed by atoms with E-state index < -0.39 is 0 Å². The highest BCUT2D eigenvalue weighted by atomic mass is 16.5. The van der Waals surface area contributed by atoms with Crippen LogP contribution in [0.5, 0.6) is 5.75 Å². The van der Waals surface area contributed by atoms with Gasteiger partial charge in [0.05, 0.1) is 6.61 Å². The molecule has 1 aromatic carbocycles. The average molecular weight is 247 g/mol. The molecule has 1 aromatic rings. The second-order valence-electron chi connectivity index (χ2n) is 6.20. The maximum atomic E-state index is 5.74. The molecule has 0 radical (unpaired) electrons. The van der Waals surface area contributed by atoms with Crippen LogP contribution in [0.1, 0.15) is 45.6 Å². The van der Waals surface area contributed by atoms with Gasteiger partial charge in [0.15, 0.2) is 0 Å². The summed E-state index contributed by atoms with van der Waals surface area (Å²) in [5, 5.41) is 3.49. The molecule has 2 rings (SSSR count). The summed E-state index contributed by atoms with van der Waals surface area (Å²) in [6.07, 6.45) is 3.79. The molecule has 1 fully saturated rings. The van der Waals surface area contributed by atoms with E-state index in [1.807, 2.05) is 0 Å². The van der Waals surface area contributed by atoms with Gasteiger partial charge in [-0.3, -0.25) is 0 Å². The number of benzene rings is 1. The molecule has 2 nitrogen and oxygen atoms in total. The maximum absolute atomic E-state index is 5.74. The Bertz CT molecular complexity index is 360. The summed E-state index contributed by atoms with van der Waals surface area (Å²) in [7, 11) is 0. The normalized spacial score (nSPS) is 15.7. The van der Waals surface area contributed by atoms with E-state index in [0.29, 0.717) is 0 Å². The molecule has 0 bridgehead atoms. The van der Waals surface area contributed by atoms with Crippen LogP contribution in [0.2, 0.25) is 0 Å². The van der Waals surface area contributed by atoms with Gasteiger partial charge in [0, 0.05) is 6.04 Å². The lowest BCUT2D eigenvalue weighted by Crippen LogP contribution is -2.19. The molecule has 1 saturated carbocycles. The molecule has 0 atom stereocenters. The second kappa shape index (κ2) is 5.75. The number of hydrogen-bond donors (Lipinski definition) is 1. The minimum absolute atomic E-state index is 0.215. The van der Waals surface area contributed by atoms with Crippen LogP contribution in [-0.2, 0) is 5.41 Å². The summed E-state index contributed by atoms with van der Waals surface area (Å²) < 4.78 is 5.74. The number of ether oxygens (including phenoxy) is 1. The standard InChI is InChI=1S/C16H25NO/c1-16(2,3)13-5-9-15(10-6-13)18-12-4-11-17-14-7-8-14/h5-6,9-10,14,17H,4,7-8,11-12H2,1-3H3. The molecular formula is C16H25NO. The van der Waals surface area contributed by atoms with Crippen molar-refractivity contribution < 1.29 is 4.74 Å². The first-order chi connectivity index (χ1) is 8.55. The van der Waals surface area contributed by atoms with Crippen molar-refractivity contribution >= 4 is 0 Å². The van der Waals surface area contributed by atoms with Crippen LogP contribution >= 0.6 is 0 Å². The predicted octanol–water partition coefficient (Wildman–Crippen LogP) is 3.51. The minimum atomic E-state index is 0.215. The van der Waals surface area contributed by atoms with E-state index in [9.17, 15) is 0 Å². The molecule has 0 aromatic heterocycles. The van der Waals surface area contributed by atoms with Gasteiger partial charge in [0.25, 0.3) is 0 Å². The third-order valence-electron chi connectivity index (χ3n) is 3.32. The Kier molecular flexibility index (Phi) is 4.28. The van der Waals surface area contributed by atoms with Crippen LogP contribution in [-0.4, -0.2) is 19.2 Å². The Labute approximate surface area is 111 Å². The van der Waals surface area contributed by atoms with E-state index in [-0.39, 0.29) is 5.41 Å². The molecule has 0 heterocycles. The summed E-state index contributed by atoms with van der Waals surface area (Å²) in [4.78, 5) is 0. The minimum Gasteiger partial charge on any atom is -0.494 e. The van der Waals surface area contributed by atoms with Crippen LogP contribution in [0, 0.1) is 0 Å². The lowest BCUT2D eigenvalue weighted by Gasteiger charge is -2.19. The van der Waals surface area contributed by atoms with Crippen molar-refractivity contribution in [2.75, 3.05) is 13.2 Å². The Morgan fingerprint density at radius 2 is 1.83 bits per heavy atom. The lowest BCUT2D eigenvalue weighted by atomic mass is 9.87. The third-order valence-corrected chi connectivity index (χ3v) is 3.32. The zero-order chi connectivity index (χ0) is 13.0. The summed E-state index contributed by atoms with van der Waals surface area (Å²) in [5.74, 6) is 0.981. The van der Waals surface area contributed by atoms with Gasteiger partial charge in [0.2, 0.25) is 0 Å². The van der Waals surface area contributed by atoms with Gasteiger partial charge in [0.1, 0.15) is 5.75 Å². The summed E-state index contributed by atoms with van der Waals surface area (Å²) >= 11 is 0. The van der Waals surface area contributed by atoms with Crippen molar-refractivity contribution in [1.29, 1.82) is 0 Å². The van der Waals surface area contributed by atoms with Gasteiger partial charge >= 0.3 is 0 Å². The van der Waals surface area contributed by atoms with Gasteiger partial charge in [-0.25, -0.2) is 0 Å². The Morgan fingerprint density at radius 3 is 2.39 bits per heavy atom. The molecule has 0 aliphatic heterocycles. The Morgan fingerprint density at radius 1 is 1.17 bits per heavy atom. The van der Waals surface area contributed by atoms with Crippen molar-refractivity contribution in [1.82, 2.24) is 5.32 Å². The van der Waals surface area contributed by atoms with E-state index in [2.05, 4.69) is 50.4 Å². The second-order valence-corrected chi connectivity index (χ2v) is 6.20. The monoisotopic (exact) mass is 247 g/mol. The molecule has 1 aliphatic rings. The predicted molar refractivity (Wildman–Crippen MR) is 76.3 cm³/mol. The molecule has 0 amide bonds. The van der Waals surface area contributed by atoms with Crippen molar-refractivity contribution in [3.05, 3.63) is 29.8 Å². The van der Waals surface area contributed by atoms with E-state index >= 15 is 0 Å². The number of hydrogen-bond acceptors (Lipinski definition) is 2. The van der Waals surface area contributed by atoms with E-state index in [1.54, 1.807) is 0 Å². The molecule has 1 N–H and O–H groups in total. The smallest absolute Gasteiger partial charge is 0.119 e. The quantitative estimate of drug-likeness (QED) is 0.777. The molecule has 100 valence electrons. The van der Waals surface area contributed by atoms with Crippen LogP contribution in [0.4, 0.5) is 0 Å². The Hall–Kier alpha value is -1.02. The third kappa shape index (κ3) is 4.34. The first-order valence-electron chi connectivity index (χ1n) is 7.02. The number of rotatable bonds is 6. The molecule has 18 heavy (non-hydrogen) atoms. The van der Waals surface area contributed by atoms with E-state index in [0.717, 1.165) is 31.4 Å². The lowest BCUT2D eigenvalue weighted by molar-refractivity contribution is 0.308. The van der Waals surface area contributed by atoms with Gasteiger partial charge < -0.3 is 10.1 Å². The topological polar surface area (TPSA) is 21.3 Å². The average Bonchev–Trinajstić information content (AvgIpc) is 3.12. The van der Waals surface area contributed by atoms with Crippen molar-refractivity contribution in [3.8, 4) is 5.75 Å². The first-order valence-corrected chi connectivity index (χ1v) is 7.02. The largest absolute Gasteiger partial charge is 0.494 e. The van der Waals surface area contributed by atoms with Gasteiger partial charge in [-0.15, -0.1) is 0 Å². The summed E-state index contributed by atoms with van der Waals surface area (Å²) in [5.41, 5.74) is 1.57. The highest BCUT2D eigenvalue weighted by molar-refractivity contribution is 5.31. The summed E-state index contributed by atoms with van der Waals surface area (Å²) in [6.45, 7) is 8.56. The highest BCUT2D eigenvalue weighted by Crippen LogP contribution is 2.24. The fourth-order valence-corrected chi connectivity index (χ4v) is 1.91. The maximum Gasteiger partial charge on any atom is 0.119 e. The molecular weight excluding hydrogens is 222 g/mol. The number of nitrogens with one attached hydrogen (secondary N) is 1.